The largest absolute Gasteiger partial charge is 0.480 e. The Bertz CT molecular complexity index is 982. The number of aliphatic carboxylic acids is 1. The third-order valence-electron chi connectivity index (χ3n) is 4.81. The van der Waals surface area contributed by atoms with Gasteiger partial charge >= 0.3 is 5.97 Å². The van der Waals surface area contributed by atoms with Gasteiger partial charge in [0.25, 0.3) is 0 Å². The van der Waals surface area contributed by atoms with E-state index in [-0.39, 0.29) is 17.9 Å². The van der Waals surface area contributed by atoms with Crippen LogP contribution in [-0.2, 0) is 25.6 Å². The molecule has 0 saturated carbocycles. The minimum absolute atomic E-state index is 0.0480. The van der Waals surface area contributed by atoms with E-state index >= 15 is 0 Å². The number of carbonyl (C=O) groups is 4. The molecular weight excluding hydrogens is 454 g/mol. The SMILES string of the molecule is CC(NC(=O)C(N)CS)C(=O)NC(CS)C(=O)NC(Cc1c[nH]c2ccccc12)C(=O)O. The van der Waals surface area contributed by atoms with Gasteiger partial charge in [-0.15, -0.1) is 0 Å². The van der Waals surface area contributed by atoms with Gasteiger partial charge in [-0.25, -0.2) is 4.79 Å². The summed E-state index contributed by atoms with van der Waals surface area (Å²) < 4.78 is 0. The molecule has 2 rings (SSSR count). The first-order valence-electron chi connectivity index (χ1n) is 9.84. The summed E-state index contributed by atoms with van der Waals surface area (Å²) in [7, 11) is 0. The molecule has 0 saturated heterocycles. The highest BCUT2D eigenvalue weighted by molar-refractivity contribution is 7.80. The van der Waals surface area contributed by atoms with Gasteiger partial charge in [-0.3, -0.25) is 14.4 Å². The maximum absolute atomic E-state index is 12.7. The third kappa shape index (κ3) is 6.65. The number of hydrogen-bond donors (Lipinski definition) is 8. The number of aromatic nitrogens is 1. The van der Waals surface area contributed by atoms with Crippen LogP contribution in [0.25, 0.3) is 10.9 Å². The summed E-state index contributed by atoms with van der Waals surface area (Å²) >= 11 is 8.01. The van der Waals surface area contributed by atoms with Crippen LogP contribution in [0, 0.1) is 0 Å². The van der Waals surface area contributed by atoms with Crippen LogP contribution in [0.3, 0.4) is 0 Å². The molecule has 4 unspecified atom stereocenters. The van der Waals surface area contributed by atoms with Crippen LogP contribution in [0.5, 0.6) is 0 Å². The molecule has 3 amide bonds. The number of H-pyrrole nitrogens is 1. The summed E-state index contributed by atoms with van der Waals surface area (Å²) in [4.78, 5) is 51.7. The molecule has 0 aliphatic heterocycles. The Morgan fingerprint density at radius 1 is 1.00 bits per heavy atom. The third-order valence-corrected chi connectivity index (χ3v) is 5.57. The topological polar surface area (TPSA) is 166 Å². The second-order valence-corrected chi connectivity index (χ2v) is 7.96. The van der Waals surface area contributed by atoms with E-state index in [4.69, 9.17) is 5.73 Å². The van der Waals surface area contributed by atoms with Crippen LogP contribution in [0.4, 0.5) is 0 Å². The summed E-state index contributed by atoms with van der Waals surface area (Å²) in [5, 5.41) is 17.8. The Morgan fingerprint density at radius 3 is 2.28 bits per heavy atom. The monoisotopic (exact) mass is 481 g/mol. The lowest BCUT2D eigenvalue weighted by Crippen LogP contribution is -2.57. The molecule has 4 atom stereocenters. The van der Waals surface area contributed by atoms with Crippen molar-refractivity contribution in [2.45, 2.75) is 37.5 Å². The molecule has 174 valence electrons. The Hall–Kier alpha value is -2.70. The Morgan fingerprint density at radius 2 is 1.66 bits per heavy atom. The van der Waals surface area contributed by atoms with E-state index in [1.54, 1.807) is 6.20 Å². The van der Waals surface area contributed by atoms with Crippen molar-refractivity contribution < 1.29 is 24.3 Å². The predicted molar refractivity (Wildman–Crippen MR) is 127 cm³/mol. The number of nitrogens with two attached hydrogens (primary N) is 1. The Balaban J connectivity index is 2.02. The summed E-state index contributed by atoms with van der Waals surface area (Å²) in [6.07, 6.45) is 1.75. The summed E-state index contributed by atoms with van der Waals surface area (Å²) in [5.74, 6) is -3.08. The minimum atomic E-state index is -1.22. The summed E-state index contributed by atoms with van der Waals surface area (Å²) in [6, 6.07) is 3.25. The van der Waals surface area contributed by atoms with Gasteiger partial charge in [0.15, 0.2) is 0 Å². The van der Waals surface area contributed by atoms with Crippen molar-refractivity contribution in [3.63, 3.8) is 0 Å². The molecule has 0 aliphatic rings. The molecule has 12 heteroatoms. The van der Waals surface area contributed by atoms with E-state index in [0.29, 0.717) is 0 Å². The van der Waals surface area contributed by atoms with Crippen LogP contribution in [0.1, 0.15) is 12.5 Å². The number of carbonyl (C=O) groups excluding carboxylic acids is 3. The maximum Gasteiger partial charge on any atom is 0.326 e. The molecule has 7 N–H and O–H groups in total. The van der Waals surface area contributed by atoms with Crippen LogP contribution in [0.2, 0.25) is 0 Å². The Kier molecular flexibility index (Phi) is 9.42. The van der Waals surface area contributed by atoms with Crippen LogP contribution in [-0.4, -0.2) is 69.5 Å². The zero-order valence-electron chi connectivity index (χ0n) is 17.4. The van der Waals surface area contributed by atoms with Gasteiger partial charge in [0.05, 0.1) is 6.04 Å². The Labute approximate surface area is 195 Å². The molecule has 32 heavy (non-hydrogen) atoms. The summed E-state index contributed by atoms with van der Waals surface area (Å²) in [6.45, 7) is 1.43. The van der Waals surface area contributed by atoms with Gasteiger partial charge in [0.1, 0.15) is 18.1 Å². The number of amides is 3. The van der Waals surface area contributed by atoms with Crippen molar-refractivity contribution in [3.05, 3.63) is 36.0 Å². The molecule has 1 heterocycles. The van der Waals surface area contributed by atoms with E-state index in [9.17, 15) is 24.3 Å². The number of rotatable bonds is 11. The zero-order valence-corrected chi connectivity index (χ0v) is 19.2. The van der Waals surface area contributed by atoms with E-state index in [0.717, 1.165) is 16.5 Å². The molecule has 0 bridgehead atoms. The smallest absolute Gasteiger partial charge is 0.326 e. The number of aromatic amines is 1. The highest BCUT2D eigenvalue weighted by Crippen LogP contribution is 2.19. The van der Waals surface area contributed by atoms with E-state index < -0.39 is 47.9 Å². The van der Waals surface area contributed by atoms with E-state index in [2.05, 4.69) is 46.2 Å². The lowest BCUT2D eigenvalue weighted by atomic mass is 10.0. The molecule has 2 aromatic rings. The first-order chi connectivity index (χ1) is 15.2. The molecule has 1 aromatic carbocycles. The molecule has 1 aromatic heterocycles. The normalized spacial score (nSPS) is 14.8. The van der Waals surface area contributed by atoms with Gasteiger partial charge in [-0.2, -0.15) is 25.3 Å². The number of thiol groups is 2. The standard InChI is InChI=1S/C20H27N5O5S2/c1-10(23-18(27)13(21)8-31)17(26)25-16(9-32)19(28)24-15(20(29)30)6-11-7-22-14-5-3-2-4-12(11)14/h2-5,7,10,13,15-16,22,31-32H,6,8-9,21H2,1H3,(H,23,27)(H,24,28)(H,25,26)(H,29,30). The van der Waals surface area contributed by atoms with Crippen molar-refractivity contribution in [2.75, 3.05) is 11.5 Å². The quantitative estimate of drug-likeness (QED) is 0.201. The van der Waals surface area contributed by atoms with E-state index in [1.165, 1.54) is 6.92 Å². The fourth-order valence-electron chi connectivity index (χ4n) is 2.95. The van der Waals surface area contributed by atoms with Gasteiger partial charge in [-0.1, -0.05) is 18.2 Å². The molecular formula is C20H27N5O5S2. The van der Waals surface area contributed by atoms with Crippen molar-refractivity contribution >= 4 is 59.9 Å². The lowest BCUT2D eigenvalue weighted by Gasteiger charge is -2.22. The fourth-order valence-corrected chi connectivity index (χ4v) is 3.38. The highest BCUT2D eigenvalue weighted by atomic mass is 32.1. The van der Waals surface area contributed by atoms with Crippen molar-refractivity contribution in [1.82, 2.24) is 20.9 Å². The van der Waals surface area contributed by atoms with E-state index in [1.807, 2.05) is 24.3 Å². The second kappa shape index (κ2) is 11.8. The molecule has 0 radical (unpaired) electrons. The molecule has 0 fully saturated rings. The fraction of sp³-hybridized carbons (Fsp3) is 0.400. The van der Waals surface area contributed by atoms with Crippen LogP contribution >= 0.6 is 25.3 Å². The number of carboxylic acid groups (broad SMARTS) is 1. The average Bonchev–Trinajstić information content (AvgIpc) is 3.18. The number of para-hydroxylation sites is 1. The number of hydrogen-bond acceptors (Lipinski definition) is 7. The van der Waals surface area contributed by atoms with Gasteiger partial charge < -0.3 is 31.8 Å². The highest BCUT2D eigenvalue weighted by Gasteiger charge is 2.28. The van der Waals surface area contributed by atoms with Gasteiger partial charge in [0.2, 0.25) is 17.7 Å². The van der Waals surface area contributed by atoms with Crippen LogP contribution in [0.15, 0.2) is 30.5 Å². The van der Waals surface area contributed by atoms with Gasteiger partial charge in [0, 0.05) is 35.0 Å². The average molecular weight is 482 g/mol. The molecule has 0 aliphatic carbocycles. The maximum atomic E-state index is 12.7. The van der Waals surface area contributed by atoms with Crippen LogP contribution < -0.4 is 21.7 Å². The molecule has 10 nitrogen and oxygen atoms in total. The number of nitrogens with one attached hydrogen (secondary N) is 4. The number of fused-ring (bicyclic) bond motifs is 1. The zero-order chi connectivity index (χ0) is 23.8. The molecule has 0 spiro atoms. The van der Waals surface area contributed by atoms with Crippen molar-refractivity contribution in [2.24, 2.45) is 5.73 Å². The van der Waals surface area contributed by atoms with Crippen molar-refractivity contribution in [3.8, 4) is 0 Å². The minimum Gasteiger partial charge on any atom is -0.480 e. The summed E-state index contributed by atoms with van der Waals surface area (Å²) in [5.41, 5.74) is 7.15. The first kappa shape index (κ1) is 25.6. The number of carboxylic acids is 1. The lowest BCUT2D eigenvalue weighted by molar-refractivity contribution is -0.142. The van der Waals surface area contributed by atoms with Crippen molar-refractivity contribution in [1.29, 1.82) is 0 Å². The first-order valence-corrected chi connectivity index (χ1v) is 11.1. The number of benzene rings is 1. The predicted octanol–water partition coefficient (Wildman–Crippen LogP) is -0.544. The van der Waals surface area contributed by atoms with Gasteiger partial charge in [-0.05, 0) is 18.6 Å². The second-order valence-electron chi connectivity index (χ2n) is 7.23.